The molecule has 0 radical (unpaired) electrons. The van der Waals surface area contributed by atoms with E-state index >= 15 is 0 Å². The predicted octanol–water partition coefficient (Wildman–Crippen LogP) is 2.98. The fraction of sp³-hybridized carbons (Fsp3) is 0.238. The number of hydrogen-bond donors (Lipinski definition) is 3. The average molecular weight is 397 g/mol. The van der Waals surface area contributed by atoms with E-state index in [4.69, 9.17) is 14.2 Å². The lowest BCUT2D eigenvalue weighted by molar-refractivity contribution is -0.113. The quantitative estimate of drug-likeness (QED) is 0.696. The molecule has 0 saturated heterocycles. The number of carbonyl (C=O) groups excluding carboxylic acids is 2. The highest BCUT2D eigenvalue weighted by Crippen LogP contribution is 2.33. The molecular formula is C21H23N3O5. The molecule has 8 heteroatoms. The van der Waals surface area contributed by atoms with Crippen molar-refractivity contribution in [2.75, 3.05) is 26.6 Å². The topological polar surface area (TPSA) is 97.9 Å². The second kappa shape index (κ2) is 8.55. The van der Waals surface area contributed by atoms with E-state index in [2.05, 4.69) is 16.0 Å². The summed E-state index contributed by atoms with van der Waals surface area (Å²) in [5.41, 5.74) is 2.02. The minimum absolute atomic E-state index is 0.378. The van der Waals surface area contributed by atoms with Crippen LogP contribution in [0.15, 0.2) is 53.7 Å². The molecule has 3 amide bonds. The zero-order valence-corrected chi connectivity index (χ0v) is 16.7. The molecule has 1 heterocycles. The summed E-state index contributed by atoms with van der Waals surface area (Å²) in [5, 5.41) is 8.31. The average Bonchev–Trinajstić information content (AvgIpc) is 2.72. The number of rotatable bonds is 6. The van der Waals surface area contributed by atoms with Crippen LogP contribution in [0.1, 0.15) is 18.5 Å². The van der Waals surface area contributed by atoms with Crippen molar-refractivity contribution in [3.05, 3.63) is 59.3 Å². The first kappa shape index (κ1) is 20.1. The highest BCUT2D eigenvalue weighted by Gasteiger charge is 2.31. The standard InChI is InChI=1S/C21H23N3O5/c1-12-18(20(25)23-16-11-15(28-3)8-9-17(16)29-4)19(24-21(26)22-12)13-6-5-7-14(10-13)27-2/h5-11,19H,1-4H3,(H,23,25)(H2,22,24,26)/t19-/m1/s1. The third kappa shape index (κ3) is 4.26. The number of urea groups is 1. The number of anilines is 1. The summed E-state index contributed by atoms with van der Waals surface area (Å²) in [4.78, 5) is 25.3. The third-order valence-corrected chi connectivity index (χ3v) is 4.60. The van der Waals surface area contributed by atoms with Crippen molar-refractivity contribution >= 4 is 17.6 Å². The second-order valence-electron chi connectivity index (χ2n) is 6.37. The highest BCUT2D eigenvalue weighted by atomic mass is 16.5. The van der Waals surface area contributed by atoms with E-state index in [9.17, 15) is 9.59 Å². The maximum Gasteiger partial charge on any atom is 0.319 e. The monoisotopic (exact) mass is 397 g/mol. The molecule has 0 aromatic heterocycles. The highest BCUT2D eigenvalue weighted by molar-refractivity contribution is 6.07. The van der Waals surface area contributed by atoms with Gasteiger partial charge in [-0.15, -0.1) is 0 Å². The summed E-state index contributed by atoms with van der Waals surface area (Å²) in [6.07, 6.45) is 0. The number of benzene rings is 2. The minimum atomic E-state index is -0.643. The Labute approximate surface area is 168 Å². The number of methoxy groups -OCH3 is 3. The molecule has 1 aliphatic heterocycles. The number of carbonyl (C=O) groups is 2. The Hall–Kier alpha value is -3.68. The summed E-state index contributed by atoms with van der Waals surface area (Å²) in [5.74, 6) is 1.31. The maximum absolute atomic E-state index is 13.2. The van der Waals surface area contributed by atoms with E-state index in [0.717, 1.165) is 5.56 Å². The van der Waals surface area contributed by atoms with Crippen LogP contribution in [0.4, 0.5) is 10.5 Å². The van der Waals surface area contributed by atoms with Gasteiger partial charge in [-0.1, -0.05) is 12.1 Å². The van der Waals surface area contributed by atoms with Crippen LogP contribution in [0, 0.1) is 0 Å². The van der Waals surface area contributed by atoms with Gasteiger partial charge >= 0.3 is 6.03 Å². The van der Waals surface area contributed by atoms with Crippen LogP contribution in [0.25, 0.3) is 0 Å². The molecule has 1 atom stereocenters. The number of allylic oxidation sites excluding steroid dienone is 1. The number of hydrogen-bond acceptors (Lipinski definition) is 5. The predicted molar refractivity (Wildman–Crippen MR) is 108 cm³/mol. The van der Waals surface area contributed by atoms with Gasteiger partial charge in [0, 0.05) is 11.8 Å². The van der Waals surface area contributed by atoms with Crippen LogP contribution >= 0.6 is 0 Å². The van der Waals surface area contributed by atoms with Crippen LogP contribution in [0.3, 0.4) is 0 Å². The minimum Gasteiger partial charge on any atom is -0.497 e. The van der Waals surface area contributed by atoms with E-state index in [1.165, 1.54) is 7.11 Å². The lowest BCUT2D eigenvalue weighted by Crippen LogP contribution is -2.46. The molecule has 152 valence electrons. The number of ether oxygens (including phenoxy) is 3. The Morgan fingerprint density at radius 3 is 2.41 bits per heavy atom. The van der Waals surface area contributed by atoms with Gasteiger partial charge in [-0.05, 0) is 36.8 Å². The fourth-order valence-electron chi connectivity index (χ4n) is 3.17. The largest absolute Gasteiger partial charge is 0.497 e. The van der Waals surface area contributed by atoms with Gasteiger partial charge < -0.3 is 30.2 Å². The zero-order chi connectivity index (χ0) is 21.0. The Morgan fingerprint density at radius 2 is 1.72 bits per heavy atom. The molecule has 8 nitrogen and oxygen atoms in total. The smallest absolute Gasteiger partial charge is 0.319 e. The first-order valence-electron chi connectivity index (χ1n) is 8.92. The molecular weight excluding hydrogens is 374 g/mol. The van der Waals surface area contributed by atoms with Gasteiger partial charge in [0.25, 0.3) is 5.91 Å². The summed E-state index contributed by atoms with van der Waals surface area (Å²) < 4.78 is 15.8. The van der Waals surface area contributed by atoms with Crippen molar-refractivity contribution in [1.29, 1.82) is 0 Å². The molecule has 0 unspecified atom stereocenters. The van der Waals surface area contributed by atoms with Crippen molar-refractivity contribution in [3.63, 3.8) is 0 Å². The maximum atomic E-state index is 13.2. The summed E-state index contributed by atoms with van der Waals surface area (Å²) in [7, 11) is 4.62. The van der Waals surface area contributed by atoms with Crippen molar-refractivity contribution < 1.29 is 23.8 Å². The van der Waals surface area contributed by atoms with Gasteiger partial charge in [-0.25, -0.2) is 4.79 Å². The Bertz CT molecular complexity index is 971. The fourth-order valence-corrected chi connectivity index (χ4v) is 3.17. The van der Waals surface area contributed by atoms with Crippen LogP contribution < -0.4 is 30.2 Å². The van der Waals surface area contributed by atoms with Gasteiger partial charge in [0.1, 0.15) is 17.2 Å². The molecule has 2 aromatic rings. The molecule has 0 spiro atoms. The number of amides is 3. The van der Waals surface area contributed by atoms with Crippen LogP contribution in [0.5, 0.6) is 17.2 Å². The van der Waals surface area contributed by atoms with Gasteiger partial charge in [-0.3, -0.25) is 4.79 Å². The van der Waals surface area contributed by atoms with Crippen molar-refractivity contribution in [2.24, 2.45) is 0 Å². The molecule has 2 aromatic carbocycles. The van der Waals surface area contributed by atoms with Crippen molar-refractivity contribution in [2.45, 2.75) is 13.0 Å². The first-order chi connectivity index (χ1) is 14.0. The first-order valence-corrected chi connectivity index (χ1v) is 8.92. The van der Waals surface area contributed by atoms with Gasteiger partial charge in [0.2, 0.25) is 0 Å². The molecule has 0 bridgehead atoms. The summed E-state index contributed by atoms with van der Waals surface area (Å²) in [6.45, 7) is 1.68. The molecule has 3 rings (SSSR count). The van der Waals surface area contributed by atoms with Crippen LogP contribution in [-0.2, 0) is 4.79 Å². The van der Waals surface area contributed by atoms with E-state index in [0.29, 0.717) is 34.2 Å². The van der Waals surface area contributed by atoms with Crippen molar-refractivity contribution in [3.8, 4) is 17.2 Å². The van der Waals surface area contributed by atoms with Crippen molar-refractivity contribution in [1.82, 2.24) is 10.6 Å². The SMILES string of the molecule is COc1cccc([C@H]2NC(=O)NC(C)=C2C(=O)Nc2cc(OC)ccc2OC)c1. The molecule has 0 saturated carbocycles. The lowest BCUT2D eigenvalue weighted by atomic mass is 9.94. The Kier molecular flexibility index (Phi) is 5.92. The van der Waals surface area contributed by atoms with E-state index < -0.39 is 6.04 Å². The molecule has 3 N–H and O–H groups in total. The lowest BCUT2D eigenvalue weighted by Gasteiger charge is -2.29. The number of nitrogens with one attached hydrogen (secondary N) is 3. The van der Waals surface area contributed by atoms with Gasteiger partial charge in [0.15, 0.2) is 0 Å². The van der Waals surface area contributed by atoms with E-state index in [-0.39, 0.29) is 11.9 Å². The molecule has 0 aliphatic carbocycles. The van der Waals surface area contributed by atoms with Crippen LogP contribution in [-0.4, -0.2) is 33.3 Å². The Morgan fingerprint density at radius 1 is 1.00 bits per heavy atom. The van der Waals surface area contributed by atoms with Crippen LogP contribution in [0.2, 0.25) is 0 Å². The third-order valence-electron chi connectivity index (χ3n) is 4.60. The van der Waals surface area contributed by atoms with Gasteiger partial charge in [-0.2, -0.15) is 0 Å². The van der Waals surface area contributed by atoms with E-state index in [1.807, 2.05) is 6.07 Å². The normalized spacial score (nSPS) is 15.9. The summed E-state index contributed by atoms with van der Waals surface area (Å²) in [6, 6.07) is 11.3. The molecule has 0 fully saturated rings. The molecule has 1 aliphatic rings. The summed E-state index contributed by atoms with van der Waals surface area (Å²) >= 11 is 0. The zero-order valence-electron chi connectivity index (χ0n) is 16.7. The second-order valence-corrected chi connectivity index (χ2v) is 6.37. The molecule has 29 heavy (non-hydrogen) atoms. The van der Waals surface area contributed by atoms with Gasteiger partial charge in [0.05, 0.1) is 38.6 Å². The Balaban J connectivity index is 1.98. The van der Waals surface area contributed by atoms with E-state index in [1.54, 1.807) is 57.5 Å².